The summed E-state index contributed by atoms with van der Waals surface area (Å²) < 4.78 is 2.47. The Bertz CT molecular complexity index is 363. The van der Waals surface area contributed by atoms with Crippen LogP contribution in [0.3, 0.4) is 0 Å². The van der Waals surface area contributed by atoms with Crippen molar-refractivity contribution in [3.05, 3.63) is 53.6 Å². The summed E-state index contributed by atoms with van der Waals surface area (Å²) in [4.78, 5) is 0. The van der Waals surface area contributed by atoms with Gasteiger partial charge in [-0.05, 0) is 47.1 Å². The molecule has 0 aliphatic heterocycles. The van der Waals surface area contributed by atoms with Crippen LogP contribution in [0, 0.1) is 0 Å². The molecule has 0 heterocycles. The van der Waals surface area contributed by atoms with E-state index in [0.717, 1.165) is 10.8 Å². The average molecular weight is 424 g/mol. The van der Waals surface area contributed by atoms with Crippen molar-refractivity contribution >= 4 is 48.8 Å². The molecule has 0 spiro atoms. The molecule has 0 aliphatic rings. The molecule has 0 unspecified atom stereocenters. The molecule has 0 bridgehead atoms. The summed E-state index contributed by atoms with van der Waals surface area (Å²) in [7, 11) is 0. The topological polar surface area (TPSA) is 0 Å². The van der Waals surface area contributed by atoms with Crippen LogP contribution in [-0.2, 0) is 0 Å². The zero-order chi connectivity index (χ0) is 11.3. The average Bonchev–Trinajstić information content (AvgIpc) is 2.26. The Hall–Kier alpha value is 0.160. The van der Waals surface area contributed by atoms with Gasteiger partial charge in [-0.1, -0.05) is 65.1 Å². The van der Waals surface area contributed by atoms with Crippen molar-refractivity contribution in [2.24, 2.45) is 0 Å². The minimum atomic E-state index is 1.10. The highest BCUT2D eigenvalue weighted by Gasteiger charge is 2.06. The predicted molar refractivity (Wildman–Crippen MR) is 85.7 cm³/mol. The van der Waals surface area contributed by atoms with Crippen molar-refractivity contribution in [3.8, 4) is 0 Å². The fraction of sp³-hybridized carbons (Fsp3) is 0.231. The van der Waals surface area contributed by atoms with Gasteiger partial charge in [-0.15, -0.1) is 0 Å². The Labute approximate surface area is 119 Å². The van der Waals surface area contributed by atoms with Crippen LogP contribution >= 0.6 is 45.2 Å². The summed E-state index contributed by atoms with van der Waals surface area (Å²) in [6, 6.07) is 10.5. The van der Waals surface area contributed by atoms with Crippen molar-refractivity contribution < 1.29 is 0 Å². The number of alkyl halides is 1. The molecular weight excluding hydrogens is 410 g/mol. The van der Waals surface area contributed by atoms with Crippen LogP contribution in [0.1, 0.15) is 18.9 Å². The highest BCUT2D eigenvalue weighted by molar-refractivity contribution is 14.1. The minimum Gasteiger partial charge on any atom is -0.0958 e. The lowest BCUT2D eigenvalue weighted by Gasteiger charge is -2.09. The molecule has 0 aromatic heterocycles. The van der Waals surface area contributed by atoms with Gasteiger partial charge in [0.1, 0.15) is 0 Å². The highest BCUT2D eigenvalue weighted by atomic mass is 127. The number of benzene rings is 1. The van der Waals surface area contributed by atoms with E-state index >= 15 is 0 Å². The molecule has 0 N–H and O–H groups in total. The van der Waals surface area contributed by atoms with E-state index < -0.39 is 0 Å². The zero-order valence-electron chi connectivity index (χ0n) is 8.76. The number of hydrogen-bond acceptors (Lipinski definition) is 0. The van der Waals surface area contributed by atoms with Gasteiger partial charge in [0.15, 0.2) is 0 Å². The summed E-state index contributed by atoms with van der Waals surface area (Å²) in [6.45, 7) is 6.14. The third-order valence-electron chi connectivity index (χ3n) is 2.15. The van der Waals surface area contributed by atoms with Crippen molar-refractivity contribution in [3.63, 3.8) is 0 Å². The molecule has 0 atom stereocenters. The molecule has 1 aromatic carbocycles. The van der Waals surface area contributed by atoms with Gasteiger partial charge in [0.25, 0.3) is 0 Å². The molecule has 0 radical (unpaired) electrons. The van der Waals surface area contributed by atoms with E-state index in [1.807, 2.05) is 6.07 Å². The molecule has 0 aliphatic carbocycles. The van der Waals surface area contributed by atoms with E-state index in [0.29, 0.717) is 0 Å². The van der Waals surface area contributed by atoms with Crippen molar-refractivity contribution in [2.75, 3.05) is 4.43 Å². The van der Waals surface area contributed by atoms with E-state index in [1.165, 1.54) is 20.3 Å². The largest absolute Gasteiger partial charge is 0.0958 e. The SMILES string of the molecule is C=C(C)/C(CCI)=C(/I)c1ccccc1. The molecule has 0 saturated heterocycles. The molecule has 1 rings (SSSR count). The van der Waals surface area contributed by atoms with Crippen LogP contribution in [0.15, 0.2) is 48.1 Å². The van der Waals surface area contributed by atoms with Gasteiger partial charge in [-0.25, -0.2) is 0 Å². The van der Waals surface area contributed by atoms with Gasteiger partial charge in [-0.3, -0.25) is 0 Å². The van der Waals surface area contributed by atoms with E-state index in [2.05, 4.69) is 82.9 Å². The van der Waals surface area contributed by atoms with Gasteiger partial charge in [-0.2, -0.15) is 0 Å². The first kappa shape index (κ1) is 13.2. The Balaban J connectivity index is 3.10. The quantitative estimate of drug-likeness (QED) is 0.353. The second-order valence-corrected chi connectivity index (χ2v) is 5.54. The van der Waals surface area contributed by atoms with Crippen LogP contribution in [-0.4, -0.2) is 4.43 Å². The summed E-state index contributed by atoms with van der Waals surface area (Å²) in [5.74, 6) is 0. The van der Waals surface area contributed by atoms with Crippen molar-refractivity contribution in [2.45, 2.75) is 13.3 Å². The lowest BCUT2D eigenvalue weighted by molar-refractivity contribution is 1.15. The molecule has 1 aromatic rings. The van der Waals surface area contributed by atoms with Gasteiger partial charge >= 0.3 is 0 Å². The second-order valence-electron chi connectivity index (χ2n) is 3.38. The Morgan fingerprint density at radius 3 is 2.33 bits per heavy atom. The smallest absolute Gasteiger partial charge is 0.0237 e. The van der Waals surface area contributed by atoms with Gasteiger partial charge in [0.05, 0.1) is 0 Å². The summed E-state index contributed by atoms with van der Waals surface area (Å²) in [6.07, 6.45) is 1.10. The molecular formula is C13H14I2. The van der Waals surface area contributed by atoms with Crippen LogP contribution in [0.5, 0.6) is 0 Å². The van der Waals surface area contributed by atoms with E-state index in [4.69, 9.17) is 0 Å². The maximum absolute atomic E-state index is 4.05. The molecule has 0 fully saturated rings. The maximum atomic E-state index is 4.05. The molecule has 0 amide bonds. The van der Waals surface area contributed by atoms with Gasteiger partial charge in [0.2, 0.25) is 0 Å². The zero-order valence-corrected chi connectivity index (χ0v) is 13.1. The third kappa shape index (κ3) is 3.90. The van der Waals surface area contributed by atoms with Crippen molar-refractivity contribution in [1.82, 2.24) is 0 Å². The first-order chi connectivity index (χ1) is 7.16. The lowest BCUT2D eigenvalue weighted by Crippen LogP contribution is -1.90. The van der Waals surface area contributed by atoms with E-state index in [-0.39, 0.29) is 0 Å². The number of halogens is 2. The first-order valence-electron chi connectivity index (χ1n) is 4.82. The highest BCUT2D eigenvalue weighted by Crippen LogP contribution is 2.31. The first-order valence-corrected chi connectivity index (χ1v) is 7.43. The van der Waals surface area contributed by atoms with Gasteiger partial charge in [0, 0.05) is 8.01 Å². The molecule has 0 nitrogen and oxygen atoms in total. The minimum absolute atomic E-state index is 1.10. The number of rotatable bonds is 4. The summed E-state index contributed by atoms with van der Waals surface area (Å²) in [5, 5.41) is 0. The Kier molecular flexibility index (Phi) is 5.89. The van der Waals surface area contributed by atoms with Crippen molar-refractivity contribution in [1.29, 1.82) is 0 Å². The van der Waals surface area contributed by atoms with Crippen LogP contribution in [0.25, 0.3) is 3.58 Å². The molecule has 2 heteroatoms. The monoisotopic (exact) mass is 424 g/mol. The van der Waals surface area contributed by atoms with E-state index in [1.54, 1.807) is 0 Å². The van der Waals surface area contributed by atoms with E-state index in [9.17, 15) is 0 Å². The van der Waals surface area contributed by atoms with Crippen LogP contribution in [0.2, 0.25) is 0 Å². The van der Waals surface area contributed by atoms with Crippen LogP contribution < -0.4 is 0 Å². The van der Waals surface area contributed by atoms with Crippen LogP contribution in [0.4, 0.5) is 0 Å². The fourth-order valence-electron chi connectivity index (χ4n) is 1.36. The molecule has 15 heavy (non-hydrogen) atoms. The van der Waals surface area contributed by atoms with Gasteiger partial charge < -0.3 is 0 Å². The summed E-state index contributed by atoms with van der Waals surface area (Å²) >= 11 is 4.83. The Morgan fingerprint density at radius 1 is 1.27 bits per heavy atom. The lowest BCUT2D eigenvalue weighted by atomic mass is 10.0. The standard InChI is InChI=1S/C13H14I2/c1-10(2)12(8-9-14)13(15)11-6-4-3-5-7-11/h3-7H,1,8-9H2,2H3/b13-12+. The molecule has 80 valence electrons. The second kappa shape index (κ2) is 6.68. The predicted octanol–water partition coefficient (Wildman–Crippen LogP) is 5.23. The number of hydrogen-bond donors (Lipinski definition) is 0. The fourth-order valence-corrected chi connectivity index (χ4v) is 2.99. The number of allylic oxidation sites excluding steroid dienone is 2. The summed E-state index contributed by atoms with van der Waals surface area (Å²) in [5.41, 5.74) is 3.86. The maximum Gasteiger partial charge on any atom is 0.0237 e. The normalized spacial score (nSPS) is 12.2. The third-order valence-corrected chi connectivity index (χ3v) is 3.97. The Morgan fingerprint density at radius 2 is 1.87 bits per heavy atom. The molecule has 0 saturated carbocycles.